The zero-order valence-corrected chi connectivity index (χ0v) is 9.62. The van der Waals surface area contributed by atoms with E-state index in [0.29, 0.717) is 12.3 Å². The molecule has 0 spiro atoms. The molecule has 1 atom stereocenters. The molecule has 0 aliphatic carbocycles. The molecule has 0 saturated heterocycles. The van der Waals surface area contributed by atoms with Gasteiger partial charge in [-0.15, -0.1) is 0 Å². The minimum absolute atomic E-state index is 0.254. The molecule has 0 N–H and O–H groups in total. The molecule has 0 bridgehead atoms. The lowest BCUT2D eigenvalue weighted by Crippen LogP contribution is -1.98. The highest BCUT2D eigenvalue weighted by Crippen LogP contribution is 2.24. The van der Waals surface area contributed by atoms with Crippen LogP contribution in [0.5, 0.6) is 5.75 Å². The Labute approximate surface area is 91.3 Å². The minimum atomic E-state index is 0.254. The fraction of sp³-hybridized carbons (Fsp3) is 0.462. The maximum Gasteiger partial charge on any atom is 0.129 e. The number of methoxy groups -OCH3 is 1. The van der Waals surface area contributed by atoms with Crippen LogP contribution in [0.3, 0.4) is 0 Å². The Morgan fingerprint density at radius 3 is 2.80 bits per heavy atom. The molecule has 2 nitrogen and oxygen atoms in total. The minimum Gasteiger partial charge on any atom is -0.497 e. The molecular weight excluding hydrogens is 188 g/mol. The van der Waals surface area contributed by atoms with Crippen molar-refractivity contribution >= 4 is 5.78 Å². The first-order chi connectivity index (χ1) is 7.13. The molecule has 0 aliphatic heterocycles. The van der Waals surface area contributed by atoms with Gasteiger partial charge in [0.1, 0.15) is 11.5 Å². The number of carbonyl (C=O) groups excluding carboxylic acids is 1. The zero-order chi connectivity index (χ0) is 11.3. The number of hydrogen-bond donors (Lipinski definition) is 0. The molecular formula is C13H18O2. The van der Waals surface area contributed by atoms with Crippen LogP contribution in [-0.2, 0) is 4.79 Å². The molecule has 2 heteroatoms. The van der Waals surface area contributed by atoms with Crippen molar-refractivity contribution in [2.45, 2.75) is 32.6 Å². The highest BCUT2D eigenvalue weighted by Gasteiger charge is 2.07. The highest BCUT2D eigenvalue weighted by molar-refractivity contribution is 5.75. The first kappa shape index (κ1) is 11.8. The molecule has 1 rings (SSSR count). The van der Waals surface area contributed by atoms with Gasteiger partial charge in [-0.25, -0.2) is 0 Å². The zero-order valence-electron chi connectivity index (χ0n) is 9.62. The van der Waals surface area contributed by atoms with Gasteiger partial charge >= 0.3 is 0 Å². The molecule has 1 aromatic rings. The number of ketones is 1. The summed E-state index contributed by atoms with van der Waals surface area (Å²) in [7, 11) is 1.67. The molecule has 0 heterocycles. The van der Waals surface area contributed by atoms with Gasteiger partial charge in [-0.2, -0.15) is 0 Å². The number of carbonyl (C=O) groups is 1. The second-order valence-corrected chi connectivity index (χ2v) is 3.92. The first-order valence-electron chi connectivity index (χ1n) is 5.27. The molecule has 1 aromatic carbocycles. The van der Waals surface area contributed by atoms with E-state index in [1.54, 1.807) is 14.0 Å². The Morgan fingerprint density at radius 2 is 2.20 bits per heavy atom. The summed E-state index contributed by atoms with van der Waals surface area (Å²) < 4.78 is 5.16. The SMILES string of the molecule is COc1cccc(C(C)CCC(C)=O)c1. The lowest BCUT2D eigenvalue weighted by molar-refractivity contribution is -0.117. The standard InChI is InChI=1S/C13H18O2/c1-10(7-8-11(2)14)12-5-4-6-13(9-12)15-3/h4-6,9-10H,7-8H2,1-3H3. The van der Waals surface area contributed by atoms with E-state index in [4.69, 9.17) is 4.74 Å². The molecule has 0 radical (unpaired) electrons. The summed E-state index contributed by atoms with van der Waals surface area (Å²) in [4.78, 5) is 10.9. The Hall–Kier alpha value is -1.31. The van der Waals surface area contributed by atoms with E-state index >= 15 is 0 Å². The van der Waals surface area contributed by atoms with Crippen molar-refractivity contribution in [1.29, 1.82) is 0 Å². The third-order valence-corrected chi connectivity index (χ3v) is 2.59. The third kappa shape index (κ3) is 3.74. The monoisotopic (exact) mass is 206 g/mol. The smallest absolute Gasteiger partial charge is 0.129 e. The Kier molecular flexibility index (Phi) is 4.35. The summed E-state index contributed by atoms with van der Waals surface area (Å²) in [5.41, 5.74) is 1.23. The van der Waals surface area contributed by atoms with Gasteiger partial charge in [-0.3, -0.25) is 0 Å². The average Bonchev–Trinajstić information content (AvgIpc) is 2.26. The Bertz CT molecular complexity index is 331. The van der Waals surface area contributed by atoms with Gasteiger partial charge in [-0.05, 0) is 37.0 Å². The summed E-state index contributed by atoms with van der Waals surface area (Å²) in [6, 6.07) is 8.03. The molecule has 0 saturated carbocycles. The van der Waals surface area contributed by atoms with Gasteiger partial charge in [0.2, 0.25) is 0 Å². The van der Waals surface area contributed by atoms with Crippen molar-refractivity contribution in [3.05, 3.63) is 29.8 Å². The van der Waals surface area contributed by atoms with E-state index < -0.39 is 0 Å². The first-order valence-corrected chi connectivity index (χ1v) is 5.27. The van der Waals surface area contributed by atoms with Crippen LogP contribution >= 0.6 is 0 Å². The highest BCUT2D eigenvalue weighted by atomic mass is 16.5. The predicted molar refractivity (Wildman–Crippen MR) is 61.3 cm³/mol. The largest absolute Gasteiger partial charge is 0.497 e. The molecule has 82 valence electrons. The maximum atomic E-state index is 10.9. The number of ether oxygens (including phenoxy) is 1. The average molecular weight is 206 g/mol. The van der Waals surface area contributed by atoms with E-state index in [0.717, 1.165) is 12.2 Å². The van der Waals surface area contributed by atoms with Crippen molar-refractivity contribution in [3.63, 3.8) is 0 Å². The number of rotatable bonds is 5. The maximum absolute atomic E-state index is 10.9. The van der Waals surface area contributed by atoms with Crippen LogP contribution in [0, 0.1) is 0 Å². The van der Waals surface area contributed by atoms with Gasteiger partial charge in [0.15, 0.2) is 0 Å². The molecule has 0 aliphatic rings. The van der Waals surface area contributed by atoms with Gasteiger partial charge in [0.05, 0.1) is 7.11 Å². The van der Waals surface area contributed by atoms with Crippen molar-refractivity contribution in [2.75, 3.05) is 7.11 Å². The van der Waals surface area contributed by atoms with Crippen LogP contribution in [0.1, 0.15) is 38.2 Å². The van der Waals surface area contributed by atoms with Crippen LogP contribution in [0.15, 0.2) is 24.3 Å². The second kappa shape index (κ2) is 5.54. The second-order valence-electron chi connectivity index (χ2n) is 3.92. The molecule has 0 fully saturated rings. The topological polar surface area (TPSA) is 26.3 Å². The lowest BCUT2D eigenvalue weighted by atomic mass is 9.95. The van der Waals surface area contributed by atoms with Gasteiger partial charge in [-0.1, -0.05) is 19.1 Å². The number of hydrogen-bond acceptors (Lipinski definition) is 2. The van der Waals surface area contributed by atoms with Crippen LogP contribution < -0.4 is 4.74 Å². The van der Waals surface area contributed by atoms with E-state index in [-0.39, 0.29) is 5.78 Å². The summed E-state index contributed by atoms with van der Waals surface area (Å²) in [6.45, 7) is 3.77. The summed E-state index contributed by atoms with van der Waals surface area (Å²) in [6.07, 6.45) is 1.56. The third-order valence-electron chi connectivity index (χ3n) is 2.59. The van der Waals surface area contributed by atoms with Crippen molar-refractivity contribution < 1.29 is 9.53 Å². The van der Waals surface area contributed by atoms with Crippen molar-refractivity contribution in [3.8, 4) is 5.75 Å². The molecule has 0 amide bonds. The van der Waals surface area contributed by atoms with Crippen molar-refractivity contribution in [2.24, 2.45) is 0 Å². The summed E-state index contributed by atoms with van der Waals surface area (Å²) >= 11 is 0. The van der Waals surface area contributed by atoms with E-state index in [9.17, 15) is 4.79 Å². The fourth-order valence-corrected chi connectivity index (χ4v) is 1.53. The van der Waals surface area contributed by atoms with E-state index in [1.807, 2.05) is 18.2 Å². The van der Waals surface area contributed by atoms with Gasteiger partial charge in [0.25, 0.3) is 0 Å². The van der Waals surface area contributed by atoms with Crippen LogP contribution in [0.4, 0.5) is 0 Å². The van der Waals surface area contributed by atoms with Crippen LogP contribution in [0.2, 0.25) is 0 Å². The lowest BCUT2D eigenvalue weighted by Gasteiger charge is -2.11. The molecule has 0 aromatic heterocycles. The van der Waals surface area contributed by atoms with Crippen LogP contribution in [-0.4, -0.2) is 12.9 Å². The van der Waals surface area contributed by atoms with Gasteiger partial charge in [0, 0.05) is 6.42 Å². The number of benzene rings is 1. The summed E-state index contributed by atoms with van der Waals surface area (Å²) in [5.74, 6) is 1.54. The Morgan fingerprint density at radius 1 is 1.47 bits per heavy atom. The van der Waals surface area contributed by atoms with Crippen LogP contribution in [0.25, 0.3) is 0 Å². The van der Waals surface area contributed by atoms with Crippen molar-refractivity contribution in [1.82, 2.24) is 0 Å². The molecule has 1 unspecified atom stereocenters. The predicted octanol–water partition coefficient (Wildman–Crippen LogP) is 3.17. The van der Waals surface area contributed by atoms with Gasteiger partial charge < -0.3 is 9.53 Å². The van der Waals surface area contributed by atoms with E-state index in [1.165, 1.54) is 5.56 Å². The number of Topliss-reactive ketones (excluding diaryl/α,β-unsaturated/α-hetero) is 1. The fourth-order valence-electron chi connectivity index (χ4n) is 1.53. The Balaban J connectivity index is 2.64. The molecule has 15 heavy (non-hydrogen) atoms. The van der Waals surface area contributed by atoms with E-state index in [2.05, 4.69) is 13.0 Å². The summed E-state index contributed by atoms with van der Waals surface area (Å²) in [5, 5.41) is 0. The normalized spacial score (nSPS) is 12.2. The quantitative estimate of drug-likeness (QED) is 0.739.